The van der Waals surface area contributed by atoms with E-state index in [0.717, 1.165) is 0 Å². The number of halogens is 1. The monoisotopic (exact) mass is 158 g/mol. The van der Waals surface area contributed by atoms with Crippen LogP contribution in [0.5, 0.6) is 0 Å². The van der Waals surface area contributed by atoms with Crippen LogP contribution in [0.2, 0.25) is 0 Å². The van der Waals surface area contributed by atoms with Crippen LogP contribution in [0.4, 0.5) is 4.39 Å². The van der Waals surface area contributed by atoms with Gasteiger partial charge in [0.05, 0.1) is 10.8 Å². The Hall–Kier alpha value is -0.700. The van der Waals surface area contributed by atoms with E-state index < -0.39 is 16.8 Å². The molecule has 1 unspecified atom stereocenters. The van der Waals surface area contributed by atoms with E-state index in [4.69, 9.17) is 0 Å². The van der Waals surface area contributed by atoms with Crippen LogP contribution in [-0.4, -0.2) is 10.2 Å². The van der Waals surface area contributed by atoms with Gasteiger partial charge < -0.3 is 0 Å². The maximum absolute atomic E-state index is 11.8. The Bertz CT molecular complexity index is 222. The normalized spacial score (nSPS) is 12.9. The van der Waals surface area contributed by atoms with Crippen molar-refractivity contribution in [2.75, 3.05) is 6.01 Å². The second-order valence-corrected chi connectivity index (χ2v) is 3.15. The van der Waals surface area contributed by atoms with E-state index in [1.54, 1.807) is 30.3 Å². The van der Waals surface area contributed by atoms with Gasteiger partial charge in [0, 0.05) is 4.90 Å². The lowest BCUT2D eigenvalue weighted by molar-refractivity contribution is 0.580. The molecule has 0 amide bonds. The van der Waals surface area contributed by atoms with Gasteiger partial charge >= 0.3 is 0 Å². The van der Waals surface area contributed by atoms with Crippen LogP contribution in [0, 0.1) is 0 Å². The Morgan fingerprint density at radius 3 is 2.40 bits per heavy atom. The molecule has 1 atom stereocenters. The second kappa shape index (κ2) is 3.46. The molecule has 0 fully saturated rings. The molecule has 0 saturated heterocycles. The molecule has 1 aromatic rings. The summed E-state index contributed by atoms with van der Waals surface area (Å²) in [6.45, 7) is 0. The molecule has 54 valence electrons. The maximum Gasteiger partial charge on any atom is 0.169 e. The van der Waals surface area contributed by atoms with Crippen molar-refractivity contribution >= 4 is 10.8 Å². The third-order valence-corrected chi connectivity index (χ3v) is 2.10. The molecule has 0 spiro atoms. The number of rotatable bonds is 2. The first-order chi connectivity index (χ1) is 4.84. The van der Waals surface area contributed by atoms with Crippen LogP contribution in [0.1, 0.15) is 0 Å². The number of alkyl halides is 1. The molecule has 0 aliphatic heterocycles. The molecular formula is C7H7FOS. The minimum atomic E-state index is -1.46. The minimum absolute atomic E-state index is 0.546. The van der Waals surface area contributed by atoms with Crippen molar-refractivity contribution in [2.24, 2.45) is 0 Å². The molecule has 0 aromatic heterocycles. The summed E-state index contributed by atoms with van der Waals surface area (Å²) in [7, 11) is -1.46. The first-order valence-corrected chi connectivity index (χ1v) is 4.16. The highest BCUT2D eigenvalue weighted by molar-refractivity contribution is 7.84. The minimum Gasteiger partial charge on any atom is -0.252 e. The molecule has 1 aromatic carbocycles. The molecule has 10 heavy (non-hydrogen) atoms. The first kappa shape index (κ1) is 7.41. The van der Waals surface area contributed by atoms with Gasteiger partial charge in [-0.1, -0.05) is 18.2 Å². The van der Waals surface area contributed by atoms with Crippen LogP contribution in [-0.2, 0) is 10.8 Å². The Morgan fingerprint density at radius 1 is 1.30 bits per heavy atom. The number of hydrogen-bond acceptors (Lipinski definition) is 1. The van der Waals surface area contributed by atoms with Crippen molar-refractivity contribution in [1.82, 2.24) is 0 Å². The fourth-order valence-electron chi connectivity index (χ4n) is 0.635. The largest absolute Gasteiger partial charge is 0.252 e. The van der Waals surface area contributed by atoms with Crippen LogP contribution >= 0.6 is 0 Å². The first-order valence-electron chi connectivity index (χ1n) is 2.84. The van der Waals surface area contributed by atoms with Crippen LogP contribution in [0.15, 0.2) is 35.2 Å². The zero-order chi connectivity index (χ0) is 7.40. The summed E-state index contributed by atoms with van der Waals surface area (Å²) in [5, 5.41) is 0. The molecule has 0 saturated carbocycles. The molecule has 0 bridgehead atoms. The molecule has 1 nitrogen and oxygen atoms in total. The Balaban J connectivity index is 2.85. The molecule has 1 rings (SSSR count). The summed E-state index contributed by atoms with van der Waals surface area (Å²) in [6, 6.07) is 7.78. The average molecular weight is 158 g/mol. The number of hydrogen-bond donors (Lipinski definition) is 0. The van der Waals surface area contributed by atoms with E-state index in [1.165, 1.54) is 0 Å². The SMILES string of the molecule is O=S(CF)c1ccccc1. The van der Waals surface area contributed by atoms with E-state index >= 15 is 0 Å². The van der Waals surface area contributed by atoms with Crippen LogP contribution < -0.4 is 0 Å². The fourth-order valence-corrected chi connectivity index (χ4v) is 1.22. The summed E-state index contributed by atoms with van der Waals surface area (Å²) in [5.41, 5.74) is 0. The van der Waals surface area contributed by atoms with Gasteiger partial charge in [-0.3, -0.25) is 4.21 Å². The standard InChI is InChI=1S/C7H7FOS/c8-6-10(9)7-4-2-1-3-5-7/h1-5H,6H2. The topological polar surface area (TPSA) is 17.1 Å². The zero-order valence-electron chi connectivity index (χ0n) is 5.29. The Kier molecular flexibility index (Phi) is 2.57. The quantitative estimate of drug-likeness (QED) is 0.640. The molecule has 0 heterocycles. The van der Waals surface area contributed by atoms with E-state index in [2.05, 4.69) is 0 Å². The molecule has 0 N–H and O–H groups in total. The van der Waals surface area contributed by atoms with E-state index in [1.807, 2.05) is 0 Å². The lowest BCUT2D eigenvalue weighted by Crippen LogP contribution is -1.90. The van der Waals surface area contributed by atoms with Crippen molar-refractivity contribution in [3.05, 3.63) is 30.3 Å². The summed E-state index contributed by atoms with van der Waals surface area (Å²) < 4.78 is 22.5. The molecule has 0 radical (unpaired) electrons. The average Bonchev–Trinajstić information content (AvgIpc) is 2.05. The molecule has 3 heteroatoms. The van der Waals surface area contributed by atoms with E-state index in [-0.39, 0.29) is 0 Å². The van der Waals surface area contributed by atoms with Crippen molar-refractivity contribution in [1.29, 1.82) is 0 Å². The van der Waals surface area contributed by atoms with Gasteiger partial charge in [0.2, 0.25) is 0 Å². The lowest BCUT2D eigenvalue weighted by Gasteiger charge is -1.93. The van der Waals surface area contributed by atoms with Gasteiger partial charge in [0.1, 0.15) is 0 Å². The van der Waals surface area contributed by atoms with E-state index in [0.29, 0.717) is 4.90 Å². The summed E-state index contributed by atoms with van der Waals surface area (Å²) in [6.07, 6.45) is 0. The van der Waals surface area contributed by atoms with Gasteiger partial charge in [-0.2, -0.15) is 0 Å². The molecule has 0 aliphatic rings. The van der Waals surface area contributed by atoms with Gasteiger partial charge in [-0.15, -0.1) is 0 Å². The lowest BCUT2D eigenvalue weighted by atomic mass is 10.4. The van der Waals surface area contributed by atoms with Crippen LogP contribution in [0.3, 0.4) is 0 Å². The number of benzene rings is 1. The third kappa shape index (κ3) is 1.64. The van der Waals surface area contributed by atoms with Gasteiger partial charge in [0.25, 0.3) is 0 Å². The van der Waals surface area contributed by atoms with Gasteiger partial charge in [0.15, 0.2) is 6.01 Å². The highest BCUT2D eigenvalue weighted by Gasteiger charge is 1.98. The van der Waals surface area contributed by atoms with Crippen molar-refractivity contribution in [2.45, 2.75) is 4.90 Å². The molecular weight excluding hydrogens is 151 g/mol. The zero-order valence-corrected chi connectivity index (χ0v) is 6.10. The highest BCUT2D eigenvalue weighted by Crippen LogP contribution is 2.04. The van der Waals surface area contributed by atoms with Gasteiger partial charge in [-0.05, 0) is 12.1 Å². The Morgan fingerprint density at radius 2 is 1.90 bits per heavy atom. The Labute approximate surface area is 61.3 Å². The summed E-state index contributed by atoms with van der Waals surface area (Å²) in [4.78, 5) is 0.546. The second-order valence-electron chi connectivity index (χ2n) is 1.77. The van der Waals surface area contributed by atoms with Crippen molar-refractivity contribution < 1.29 is 8.60 Å². The van der Waals surface area contributed by atoms with E-state index in [9.17, 15) is 8.60 Å². The third-order valence-electron chi connectivity index (χ3n) is 1.11. The fraction of sp³-hybridized carbons (Fsp3) is 0.143. The van der Waals surface area contributed by atoms with Gasteiger partial charge in [-0.25, -0.2) is 4.39 Å². The highest BCUT2D eigenvalue weighted by atomic mass is 32.2. The van der Waals surface area contributed by atoms with Crippen molar-refractivity contribution in [3.63, 3.8) is 0 Å². The molecule has 0 aliphatic carbocycles. The predicted octanol–water partition coefficient (Wildman–Crippen LogP) is 1.72. The van der Waals surface area contributed by atoms with Crippen LogP contribution in [0.25, 0.3) is 0 Å². The summed E-state index contributed by atoms with van der Waals surface area (Å²) >= 11 is 0. The predicted molar refractivity (Wildman–Crippen MR) is 38.8 cm³/mol. The maximum atomic E-state index is 11.8. The van der Waals surface area contributed by atoms with Crippen molar-refractivity contribution in [3.8, 4) is 0 Å². The smallest absolute Gasteiger partial charge is 0.169 e. The summed E-state index contributed by atoms with van der Waals surface area (Å²) in [5.74, 6) is 0.